The van der Waals surface area contributed by atoms with Gasteiger partial charge in [0.1, 0.15) is 0 Å². The van der Waals surface area contributed by atoms with Gasteiger partial charge in [-0.1, -0.05) is 73.5 Å². The summed E-state index contributed by atoms with van der Waals surface area (Å²) in [7, 11) is 0. The molecule has 206 valence electrons. The van der Waals surface area contributed by atoms with Crippen LogP contribution in [0, 0.1) is 11.8 Å². The lowest BCUT2D eigenvalue weighted by Gasteiger charge is -2.66. The van der Waals surface area contributed by atoms with E-state index < -0.39 is 0 Å². The first-order chi connectivity index (χ1) is 19.3. The van der Waals surface area contributed by atoms with Gasteiger partial charge in [-0.3, -0.25) is 9.80 Å². The first-order valence-corrected chi connectivity index (χ1v) is 17.6. The topological polar surface area (TPSA) is 6.48 Å². The Bertz CT molecular complexity index is 1170. The zero-order chi connectivity index (χ0) is 25.5. The van der Waals surface area contributed by atoms with Gasteiger partial charge in [0.05, 0.1) is 0 Å². The molecule has 0 radical (unpaired) electrons. The number of hydrogen-bond donors (Lipinski definition) is 0. The molecule has 12 atom stereocenters. The van der Waals surface area contributed by atoms with Gasteiger partial charge in [-0.25, -0.2) is 0 Å². The second-order valence-electron chi connectivity index (χ2n) is 14.4. The average molecular weight is 539 g/mol. The van der Waals surface area contributed by atoms with Crippen molar-refractivity contribution < 1.29 is 0 Å². The summed E-state index contributed by atoms with van der Waals surface area (Å²) in [4.78, 5) is 6.58. The van der Waals surface area contributed by atoms with Gasteiger partial charge in [0.15, 0.2) is 0 Å². The Kier molecular flexibility index (Phi) is 6.01. The van der Waals surface area contributed by atoms with Crippen LogP contribution in [0.4, 0.5) is 0 Å². The highest BCUT2D eigenvalue weighted by molar-refractivity contribution is 8.00. The highest BCUT2D eigenvalue weighted by Crippen LogP contribution is 2.60. The lowest BCUT2D eigenvalue weighted by Crippen LogP contribution is -2.77. The molecular formula is C36H46N2S. The highest BCUT2D eigenvalue weighted by atomic mass is 32.2. The van der Waals surface area contributed by atoms with Crippen LogP contribution in [0.2, 0.25) is 0 Å². The third kappa shape index (κ3) is 3.74. The predicted molar refractivity (Wildman–Crippen MR) is 162 cm³/mol. The molecule has 3 saturated heterocycles. The van der Waals surface area contributed by atoms with Crippen LogP contribution in [0.15, 0.2) is 60.7 Å². The number of fused-ring (bicyclic) bond motifs is 7. The van der Waals surface area contributed by atoms with Crippen molar-refractivity contribution in [1.29, 1.82) is 0 Å². The maximum atomic E-state index is 3.30. The SMILES string of the molecule is c1ccc(C2CCC3C(C2)SC2CCCC4C2N3C2CCCC3C5CC(c6ccccc6)CCC5N4C32)cc1. The van der Waals surface area contributed by atoms with E-state index in [0.29, 0.717) is 0 Å². The second kappa shape index (κ2) is 9.63. The largest absolute Gasteiger partial charge is 0.291 e. The van der Waals surface area contributed by atoms with Crippen LogP contribution < -0.4 is 0 Å². The summed E-state index contributed by atoms with van der Waals surface area (Å²) in [5, 5.41) is 1.72. The predicted octanol–water partition coefficient (Wildman–Crippen LogP) is 7.85. The molecule has 0 amide bonds. The van der Waals surface area contributed by atoms with Crippen molar-refractivity contribution in [1.82, 2.24) is 9.80 Å². The molecule has 0 aromatic heterocycles. The Balaban J connectivity index is 1.04. The molecule has 9 rings (SSSR count). The van der Waals surface area contributed by atoms with Gasteiger partial charge in [-0.15, -0.1) is 0 Å². The standard InChI is InChI=1S/C36H46N2S/c1-3-9-23(10-4-1)25-17-19-29-28(21-25)27-13-7-14-31-35(27)37(29)32-15-8-16-33-36(32)38(31)30-20-18-26(22-34(30)39-33)24-11-5-2-6-12-24/h1-6,9-12,25-36H,7-8,13-22H2. The molecular weight excluding hydrogens is 492 g/mol. The fourth-order valence-corrected chi connectivity index (χ4v) is 13.7. The normalized spacial score (nSPS) is 47.0. The lowest BCUT2D eigenvalue weighted by atomic mass is 9.67. The Morgan fingerprint density at radius 3 is 1.85 bits per heavy atom. The van der Waals surface area contributed by atoms with E-state index in [9.17, 15) is 0 Å². The van der Waals surface area contributed by atoms with Gasteiger partial charge in [0, 0.05) is 46.8 Å². The molecule has 3 heteroatoms. The van der Waals surface area contributed by atoms with Gasteiger partial charge in [-0.05, 0) is 99.0 Å². The van der Waals surface area contributed by atoms with E-state index in [1.165, 1.54) is 77.0 Å². The molecule has 4 saturated carbocycles. The van der Waals surface area contributed by atoms with Crippen LogP contribution in [0.25, 0.3) is 0 Å². The van der Waals surface area contributed by atoms with Crippen molar-refractivity contribution in [3.63, 3.8) is 0 Å². The molecule has 4 aliphatic carbocycles. The van der Waals surface area contributed by atoms with Crippen LogP contribution in [0.1, 0.15) is 100 Å². The van der Waals surface area contributed by atoms with Crippen LogP contribution in [0.3, 0.4) is 0 Å². The van der Waals surface area contributed by atoms with Crippen LogP contribution >= 0.6 is 11.8 Å². The third-order valence-electron chi connectivity index (χ3n) is 12.9. The van der Waals surface area contributed by atoms with Gasteiger partial charge in [0.25, 0.3) is 0 Å². The smallest absolute Gasteiger partial charge is 0.0377 e. The monoisotopic (exact) mass is 538 g/mol. The summed E-state index contributed by atoms with van der Waals surface area (Å²) in [6.45, 7) is 0. The zero-order valence-electron chi connectivity index (χ0n) is 23.5. The summed E-state index contributed by atoms with van der Waals surface area (Å²) in [5.74, 6) is 3.47. The van der Waals surface area contributed by atoms with Crippen LogP contribution in [-0.2, 0) is 0 Å². The summed E-state index contributed by atoms with van der Waals surface area (Å²) in [6.07, 6.45) is 17.5. The fourth-order valence-electron chi connectivity index (χ4n) is 11.7. The number of rotatable bonds is 2. The lowest BCUT2D eigenvalue weighted by molar-refractivity contribution is -0.121. The van der Waals surface area contributed by atoms with Crippen molar-refractivity contribution in [3.8, 4) is 0 Å². The number of thioether (sulfide) groups is 1. The van der Waals surface area contributed by atoms with E-state index in [1.54, 1.807) is 11.1 Å². The molecule has 3 heterocycles. The van der Waals surface area contributed by atoms with Crippen molar-refractivity contribution in [3.05, 3.63) is 71.8 Å². The molecule has 0 bridgehead atoms. The number of nitrogens with zero attached hydrogens (tertiary/aromatic N) is 2. The van der Waals surface area contributed by atoms with Crippen molar-refractivity contribution >= 4 is 11.8 Å². The molecule has 0 spiro atoms. The Morgan fingerprint density at radius 1 is 0.487 bits per heavy atom. The van der Waals surface area contributed by atoms with E-state index in [1.807, 2.05) is 0 Å². The second-order valence-corrected chi connectivity index (χ2v) is 15.9. The Labute approximate surface area is 240 Å². The summed E-state index contributed by atoms with van der Waals surface area (Å²) in [6, 6.07) is 28.2. The van der Waals surface area contributed by atoms with Gasteiger partial charge in [-0.2, -0.15) is 11.8 Å². The summed E-state index contributed by atoms with van der Waals surface area (Å²) >= 11 is 2.48. The minimum Gasteiger partial charge on any atom is -0.291 e. The first kappa shape index (κ1) is 24.3. The van der Waals surface area contributed by atoms with Crippen LogP contribution in [0.5, 0.6) is 0 Å². The Morgan fingerprint density at radius 2 is 1.10 bits per heavy atom. The fraction of sp³-hybridized carbons (Fsp3) is 0.667. The maximum absolute atomic E-state index is 3.30. The molecule has 0 N–H and O–H groups in total. The molecule has 2 aromatic rings. The first-order valence-electron chi connectivity index (χ1n) is 16.7. The van der Waals surface area contributed by atoms with E-state index in [-0.39, 0.29) is 0 Å². The van der Waals surface area contributed by atoms with Crippen molar-refractivity contribution in [2.75, 3.05) is 0 Å². The molecule has 39 heavy (non-hydrogen) atoms. The van der Waals surface area contributed by atoms with Gasteiger partial charge < -0.3 is 0 Å². The highest BCUT2D eigenvalue weighted by Gasteiger charge is 2.65. The van der Waals surface area contributed by atoms with E-state index in [4.69, 9.17) is 0 Å². The van der Waals surface area contributed by atoms with Crippen molar-refractivity contribution in [2.45, 2.75) is 136 Å². The molecule has 2 aromatic carbocycles. The van der Waals surface area contributed by atoms with Gasteiger partial charge in [0.2, 0.25) is 0 Å². The van der Waals surface area contributed by atoms with Crippen LogP contribution in [-0.4, -0.2) is 56.6 Å². The summed E-state index contributed by atoms with van der Waals surface area (Å²) in [5.41, 5.74) is 3.23. The summed E-state index contributed by atoms with van der Waals surface area (Å²) < 4.78 is 0. The van der Waals surface area contributed by atoms with Crippen molar-refractivity contribution in [2.24, 2.45) is 11.8 Å². The maximum Gasteiger partial charge on any atom is 0.0377 e. The van der Waals surface area contributed by atoms with E-state index in [0.717, 1.165) is 70.4 Å². The molecule has 7 fully saturated rings. The minimum atomic E-state index is 0.778. The molecule has 7 aliphatic rings. The molecule has 12 unspecified atom stereocenters. The minimum absolute atomic E-state index is 0.778. The quantitative estimate of drug-likeness (QED) is 0.384. The molecule has 3 aliphatic heterocycles. The third-order valence-corrected chi connectivity index (χ3v) is 14.6. The molecule has 2 nitrogen and oxygen atoms in total. The van der Waals surface area contributed by atoms with Gasteiger partial charge >= 0.3 is 0 Å². The average Bonchev–Trinajstić information content (AvgIpc) is 3.34. The number of piperazine rings is 1. The zero-order valence-corrected chi connectivity index (χ0v) is 24.3. The Hall–Kier alpha value is -1.29. The number of hydrogen-bond acceptors (Lipinski definition) is 3. The van der Waals surface area contributed by atoms with E-state index in [2.05, 4.69) is 82.2 Å². The van der Waals surface area contributed by atoms with E-state index >= 15 is 0 Å². The number of benzene rings is 2.